The van der Waals surface area contributed by atoms with E-state index in [1.807, 2.05) is 12.1 Å². The predicted molar refractivity (Wildman–Crippen MR) is 89.4 cm³/mol. The van der Waals surface area contributed by atoms with Crippen molar-refractivity contribution in [3.05, 3.63) is 96.1 Å². The summed E-state index contributed by atoms with van der Waals surface area (Å²) in [6, 6.07) is 20.9. The molecule has 1 nitrogen and oxygen atoms in total. The normalized spacial score (nSPS) is 11.4. The minimum absolute atomic E-state index is 0.669. The van der Waals surface area contributed by atoms with E-state index in [-0.39, 0.29) is 0 Å². The Morgan fingerprint density at radius 1 is 0.571 bits per heavy atom. The molecule has 0 bridgehead atoms. The van der Waals surface area contributed by atoms with Crippen molar-refractivity contribution in [2.75, 3.05) is 13.2 Å². The number of benzene rings is 2. The van der Waals surface area contributed by atoms with Crippen molar-refractivity contribution >= 4 is 0 Å². The van der Waals surface area contributed by atoms with Crippen LogP contribution in [0.25, 0.3) is 0 Å². The fraction of sp³-hybridized carbons (Fsp3) is 0.200. The van der Waals surface area contributed by atoms with Gasteiger partial charge in [0, 0.05) is 0 Å². The molecule has 0 atom stereocenters. The summed E-state index contributed by atoms with van der Waals surface area (Å²) < 4.78 is 5.54. The lowest BCUT2D eigenvalue weighted by atomic mass is 10.1. The van der Waals surface area contributed by atoms with Gasteiger partial charge in [-0.3, -0.25) is 0 Å². The van der Waals surface area contributed by atoms with Crippen LogP contribution in [0.5, 0.6) is 0 Å². The van der Waals surface area contributed by atoms with Gasteiger partial charge in [-0.25, -0.2) is 0 Å². The molecule has 108 valence electrons. The van der Waals surface area contributed by atoms with Gasteiger partial charge in [0.05, 0.1) is 13.2 Å². The SMILES string of the molecule is C(=CCc1ccccc1)COCC=CCc1ccccc1. The fourth-order valence-corrected chi connectivity index (χ4v) is 2.01. The van der Waals surface area contributed by atoms with E-state index in [4.69, 9.17) is 4.74 Å². The molecule has 0 unspecified atom stereocenters. The summed E-state index contributed by atoms with van der Waals surface area (Å²) in [5, 5.41) is 0. The first-order valence-corrected chi connectivity index (χ1v) is 7.41. The highest BCUT2D eigenvalue weighted by Crippen LogP contribution is 2.01. The Morgan fingerprint density at radius 3 is 1.43 bits per heavy atom. The first kappa shape index (κ1) is 15.3. The van der Waals surface area contributed by atoms with Gasteiger partial charge in [0.25, 0.3) is 0 Å². The third-order valence-electron chi connectivity index (χ3n) is 3.15. The van der Waals surface area contributed by atoms with Crippen LogP contribution in [-0.4, -0.2) is 13.2 Å². The van der Waals surface area contributed by atoms with Gasteiger partial charge in [0.15, 0.2) is 0 Å². The number of rotatable bonds is 8. The van der Waals surface area contributed by atoms with Gasteiger partial charge in [-0.05, 0) is 24.0 Å². The highest BCUT2D eigenvalue weighted by molar-refractivity contribution is 5.18. The van der Waals surface area contributed by atoms with Crippen molar-refractivity contribution in [3.8, 4) is 0 Å². The smallest absolute Gasteiger partial charge is 0.0651 e. The van der Waals surface area contributed by atoms with Gasteiger partial charge in [-0.15, -0.1) is 0 Å². The maximum absolute atomic E-state index is 5.54. The molecule has 0 fully saturated rings. The molecule has 0 aromatic heterocycles. The molecule has 0 heterocycles. The van der Waals surface area contributed by atoms with Crippen LogP contribution in [0.4, 0.5) is 0 Å². The van der Waals surface area contributed by atoms with E-state index >= 15 is 0 Å². The molecule has 0 saturated heterocycles. The second-order valence-electron chi connectivity index (χ2n) is 4.86. The van der Waals surface area contributed by atoms with Gasteiger partial charge in [-0.2, -0.15) is 0 Å². The Morgan fingerprint density at radius 2 is 1.00 bits per heavy atom. The minimum atomic E-state index is 0.669. The monoisotopic (exact) mass is 278 g/mol. The Bertz CT molecular complexity index is 489. The number of allylic oxidation sites excluding steroid dienone is 2. The number of hydrogen-bond donors (Lipinski definition) is 0. The number of hydrogen-bond acceptors (Lipinski definition) is 1. The summed E-state index contributed by atoms with van der Waals surface area (Å²) in [4.78, 5) is 0. The van der Waals surface area contributed by atoms with Crippen LogP contribution in [0, 0.1) is 0 Å². The summed E-state index contributed by atoms with van der Waals surface area (Å²) in [6.45, 7) is 1.34. The maximum atomic E-state index is 5.54. The summed E-state index contributed by atoms with van der Waals surface area (Å²) in [5.74, 6) is 0. The van der Waals surface area contributed by atoms with Crippen molar-refractivity contribution in [1.29, 1.82) is 0 Å². The quantitative estimate of drug-likeness (QED) is 0.506. The van der Waals surface area contributed by atoms with Gasteiger partial charge in [0.1, 0.15) is 0 Å². The molecule has 2 aromatic carbocycles. The van der Waals surface area contributed by atoms with Crippen molar-refractivity contribution in [2.45, 2.75) is 12.8 Å². The van der Waals surface area contributed by atoms with Crippen LogP contribution < -0.4 is 0 Å². The molecule has 2 rings (SSSR count). The van der Waals surface area contributed by atoms with Gasteiger partial charge in [0.2, 0.25) is 0 Å². The lowest BCUT2D eigenvalue weighted by Gasteiger charge is -1.97. The molecule has 0 aliphatic heterocycles. The molecular weight excluding hydrogens is 256 g/mol. The van der Waals surface area contributed by atoms with Crippen LogP contribution >= 0.6 is 0 Å². The Balaban J connectivity index is 1.54. The third-order valence-corrected chi connectivity index (χ3v) is 3.15. The van der Waals surface area contributed by atoms with Crippen molar-refractivity contribution < 1.29 is 4.74 Å². The molecule has 21 heavy (non-hydrogen) atoms. The molecule has 0 spiro atoms. The van der Waals surface area contributed by atoms with E-state index < -0.39 is 0 Å². The summed E-state index contributed by atoms with van der Waals surface area (Å²) >= 11 is 0. The zero-order chi connectivity index (χ0) is 14.6. The molecule has 0 N–H and O–H groups in total. The molecule has 0 amide bonds. The molecule has 0 aliphatic rings. The summed E-state index contributed by atoms with van der Waals surface area (Å²) in [6.07, 6.45) is 10.4. The third kappa shape index (κ3) is 6.73. The van der Waals surface area contributed by atoms with E-state index in [1.54, 1.807) is 0 Å². The number of ether oxygens (including phenoxy) is 1. The van der Waals surface area contributed by atoms with E-state index in [2.05, 4.69) is 72.8 Å². The first-order chi connectivity index (χ1) is 10.4. The predicted octanol–water partition coefficient (Wildman–Crippen LogP) is 4.60. The lowest BCUT2D eigenvalue weighted by molar-refractivity contribution is 0.193. The fourth-order valence-electron chi connectivity index (χ4n) is 2.01. The average Bonchev–Trinajstić information content (AvgIpc) is 2.55. The Kier molecular flexibility index (Phi) is 7.08. The van der Waals surface area contributed by atoms with Gasteiger partial charge < -0.3 is 4.74 Å². The summed E-state index contributed by atoms with van der Waals surface area (Å²) in [7, 11) is 0. The molecule has 1 heteroatoms. The van der Waals surface area contributed by atoms with Crippen LogP contribution in [0.2, 0.25) is 0 Å². The molecule has 0 radical (unpaired) electrons. The summed E-state index contributed by atoms with van der Waals surface area (Å²) in [5.41, 5.74) is 2.66. The largest absolute Gasteiger partial charge is 0.373 e. The zero-order valence-corrected chi connectivity index (χ0v) is 12.3. The van der Waals surface area contributed by atoms with Crippen molar-refractivity contribution in [2.24, 2.45) is 0 Å². The van der Waals surface area contributed by atoms with Crippen molar-refractivity contribution in [1.82, 2.24) is 0 Å². The van der Waals surface area contributed by atoms with E-state index in [9.17, 15) is 0 Å². The Hall–Kier alpha value is -2.12. The average molecular weight is 278 g/mol. The van der Waals surface area contributed by atoms with E-state index in [1.165, 1.54) is 11.1 Å². The highest BCUT2D eigenvalue weighted by atomic mass is 16.5. The lowest BCUT2D eigenvalue weighted by Crippen LogP contribution is -1.91. The first-order valence-electron chi connectivity index (χ1n) is 7.41. The van der Waals surface area contributed by atoms with Crippen LogP contribution in [0.3, 0.4) is 0 Å². The van der Waals surface area contributed by atoms with Crippen LogP contribution in [-0.2, 0) is 17.6 Å². The topological polar surface area (TPSA) is 9.23 Å². The molecule has 2 aromatic rings. The highest BCUT2D eigenvalue weighted by Gasteiger charge is 1.87. The Labute approximate surface area is 127 Å². The maximum Gasteiger partial charge on any atom is 0.0651 e. The molecular formula is C20H22O. The molecule has 0 saturated carbocycles. The van der Waals surface area contributed by atoms with E-state index in [0.29, 0.717) is 13.2 Å². The standard InChI is InChI=1S/C20H22O/c1-3-11-19(12-4-1)15-7-9-17-21-18-10-8-16-20-13-5-2-6-14-20/h1-14H,15-18H2. The van der Waals surface area contributed by atoms with Gasteiger partial charge in [-0.1, -0.05) is 85.0 Å². The second-order valence-corrected chi connectivity index (χ2v) is 4.86. The molecule has 0 aliphatic carbocycles. The van der Waals surface area contributed by atoms with Crippen molar-refractivity contribution in [3.63, 3.8) is 0 Å². The van der Waals surface area contributed by atoms with Gasteiger partial charge >= 0.3 is 0 Å². The van der Waals surface area contributed by atoms with E-state index in [0.717, 1.165) is 12.8 Å². The zero-order valence-electron chi connectivity index (χ0n) is 12.3. The second kappa shape index (κ2) is 9.73. The van der Waals surface area contributed by atoms with Crippen LogP contribution in [0.15, 0.2) is 85.0 Å². The van der Waals surface area contributed by atoms with Crippen LogP contribution in [0.1, 0.15) is 11.1 Å². The minimum Gasteiger partial charge on any atom is -0.373 e.